The number of thioether (sulfide) groups is 2. The largest absolute Gasteiger partial charge is 0.497 e. The first-order chi connectivity index (χ1) is 11.5. The molecule has 1 fully saturated rings. The number of fused-ring (bicyclic) bond motifs is 1. The summed E-state index contributed by atoms with van der Waals surface area (Å²) in [5.41, 5.74) is 3.37. The van der Waals surface area contributed by atoms with Crippen LogP contribution in [0.3, 0.4) is 0 Å². The minimum absolute atomic E-state index is 0.121. The molecule has 0 bridgehead atoms. The van der Waals surface area contributed by atoms with E-state index in [0.717, 1.165) is 22.0 Å². The minimum Gasteiger partial charge on any atom is -0.497 e. The third-order valence-electron chi connectivity index (χ3n) is 4.80. The number of aromatic nitrogens is 1. The van der Waals surface area contributed by atoms with Gasteiger partial charge in [-0.15, -0.1) is 23.5 Å². The number of methoxy groups -OCH3 is 1. The minimum atomic E-state index is 0.121. The topological polar surface area (TPSA) is 31.2 Å². The van der Waals surface area contributed by atoms with Gasteiger partial charge in [-0.05, 0) is 55.5 Å². The second-order valence-electron chi connectivity index (χ2n) is 6.21. The third kappa shape index (κ3) is 3.00. The van der Waals surface area contributed by atoms with E-state index in [4.69, 9.17) is 4.74 Å². The van der Waals surface area contributed by atoms with Crippen LogP contribution in [0.4, 0.5) is 0 Å². The van der Waals surface area contributed by atoms with Gasteiger partial charge in [-0.1, -0.05) is 0 Å². The molecule has 0 amide bonds. The molecule has 0 spiro atoms. The van der Waals surface area contributed by atoms with Crippen molar-refractivity contribution in [3.63, 3.8) is 0 Å². The second-order valence-corrected chi connectivity index (χ2v) is 8.10. The fourth-order valence-electron chi connectivity index (χ4n) is 3.42. The summed E-state index contributed by atoms with van der Waals surface area (Å²) in [6.07, 6.45) is 7.18. The lowest BCUT2D eigenvalue weighted by Gasteiger charge is -2.06. The number of ketones is 1. The van der Waals surface area contributed by atoms with Crippen LogP contribution >= 0.6 is 23.5 Å². The van der Waals surface area contributed by atoms with Gasteiger partial charge in [-0.25, -0.2) is 0 Å². The fraction of sp³-hybridized carbons (Fsp3) is 0.421. The molecular formula is C19H23NO2S2. The zero-order valence-electron chi connectivity index (χ0n) is 14.8. The molecule has 1 aromatic heterocycles. The lowest BCUT2D eigenvalue weighted by atomic mass is 10.0. The van der Waals surface area contributed by atoms with Gasteiger partial charge in [-0.2, -0.15) is 0 Å². The van der Waals surface area contributed by atoms with Gasteiger partial charge in [0.2, 0.25) is 0 Å². The van der Waals surface area contributed by atoms with Crippen molar-refractivity contribution < 1.29 is 9.53 Å². The lowest BCUT2D eigenvalue weighted by Crippen LogP contribution is -2.05. The molecule has 1 heterocycles. The van der Waals surface area contributed by atoms with Crippen molar-refractivity contribution >= 4 is 40.2 Å². The van der Waals surface area contributed by atoms with Gasteiger partial charge < -0.3 is 9.30 Å². The number of benzene rings is 1. The summed E-state index contributed by atoms with van der Waals surface area (Å²) in [6.45, 7) is 1.96. The first kappa shape index (κ1) is 17.5. The van der Waals surface area contributed by atoms with Crippen molar-refractivity contribution in [1.82, 2.24) is 4.57 Å². The van der Waals surface area contributed by atoms with Crippen LogP contribution in [0.1, 0.15) is 24.8 Å². The number of hydrogen-bond donors (Lipinski definition) is 0. The smallest absolute Gasteiger partial charge is 0.163 e. The molecule has 1 aromatic carbocycles. The molecule has 2 atom stereocenters. The Labute approximate surface area is 151 Å². The number of Topliss-reactive ketones (excluding diaryl/α,β-unsaturated/α-hetero) is 1. The summed E-state index contributed by atoms with van der Waals surface area (Å²) in [4.78, 5) is 12.8. The molecule has 1 aliphatic carbocycles. The standard InChI is InChI=1S/C19H23NO2S2/c1-11(19(23-4)24-5)18(21)15-9-13(15)16-10-20(2)17-7-6-12(22-3)8-14(16)17/h6-8,10,13,15H,9H2,1-5H3. The molecule has 2 aromatic rings. The van der Waals surface area contributed by atoms with E-state index in [1.807, 2.05) is 25.5 Å². The van der Waals surface area contributed by atoms with Crippen LogP contribution < -0.4 is 4.74 Å². The number of carbonyl (C=O) groups excluding carboxylic acids is 1. The van der Waals surface area contributed by atoms with Crippen molar-refractivity contribution in [3.05, 3.63) is 39.8 Å². The number of rotatable bonds is 6. The summed E-state index contributed by atoms with van der Waals surface area (Å²) in [6, 6.07) is 6.15. The zero-order valence-corrected chi connectivity index (χ0v) is 16.4. The van der Waals surface area contributed by atoms with E-state index in [9.17, 15) is 4.79 Å². The van der Waals surface area contributed by atoms with E-state index in [1.54, 1.807) is 30.6 Å². The molecule has 1 saturated carbocycles. The predicted octanol–water partition coefficient (Wildman–Crippen LogP) is 4.82. The first-order valence-corrected chi connectivity index (χ1v) is 10.4. The molecule has 5 heteroatoms. The number of allylic oxidation sites excluding steroid dienone is 1. The van der Waals surface area contributed by atoms with Crippen LogP contribution in [-0.2, 0) is 11.8 Å². The van der Waals surface area contributed by atoms with Gasteiger partial charge in [-0.3, -0.25) is 4.79 Å². The maximum atomic E-state index is 12.8. The Balaban J connectivity index is 1.91. The van der Waals surface area contributed by atoms with Crippen LogP contribution in [0.5, 0.6) is 5.75 Å². The highest BCUT2D eigenvalue weighted by atomic mass is 32.2. The number of carbonyl (C=O) groups is 1. The summed E-state index contributed by atoms with van der Waals surface area (Å²) in [5.74, 6) is 1.62. The quantitative estimate of drug-likeness (QED) is 0.691. The summed E-state index contributed by atoms with van der Waals surface area (Å²) in [7, 11) is 3.75. The van der Waals surface area contributed by atoms with Crippen molar-refractivity contribution in [1.29, 1.82) is 0 Å². The Hall–Kier alpha value is -1.33. The van der Waals surface area contributed by atoms with Gasteiger partial charge in [0.1, 0.15) is 5.75 Å². The molecule has 0 radical (unpaired) electrons. The average Bonchev–Trinajstić information content (AvgIpc) is 3.33. The molecule has 3 rings (SSSR count). The lowest BCUT2D eigenvalue weighted by molar-refractivity contribution is -0.116. The van der Waals surface area contributed by atoms with Crippen molar-refractivity contribution in [2.24, 2.45) is 13.0 Å². The summed E-state index contributed by atoms with van der Waals surface area (Å²) >= 11 is 3.32. The number of nitrogens with zero attached hydrogens (tertiary/aromatic N) is 1. The van der Waals surface area contributed by atoms with Crippen LogP contribution in [0, 0.1) is 5.92 Å². The maximum Gasteiger partial charge on any atom is 0.163 e. The average molecular weight is 362 g/mol. The molecule has 0 saturated heterocycles. The van der Waals surface area contributed by atoms with E-state index in [2.05, 4.69) is 29.9 Å². The molecule has 128 valence electrons. The van der Waals surface area contributed by atoms with Crippen LogP contribution in [0.2, 0.25) is 0 Å². The molecular weight excluding hydrogens is 338 g/mol. The first-order valence-electron chi connectivity index (χ1n) is 7.97. The summed E-state index contributed by atoms with van der Waals surface area (Å²) < 4.78 is 8.64. The van der Waals surface area contributed by atoms with E-state index in [-0.39, 0.29) is 5.92 Å². The Morgan fingerprint density at radius 3 is 2.62 bits per heavy atom. The molecule has 0 N–H and O–H groups in total. The molecule has 24 heavy (non-hydrogen) atoms. The molecule has 1 aliphatic rings. The van der Waals surface area contributed by atoms with Crippen LogP contribution in [0.15, 0.2) is 34.2 Å². The van der Waals surface area contributed by atoms with E-state index < -0.39 is 0 Å². The van der Waals surface area contributed by atoms with E-state index in [0.29, 0.717) is 11.7 Å². The Bertz CT molecular complexity index is 816. The van der Waals surface area contributed by atoms with Crippen molar-refractivity contribution in [3.8, 4) is 5.75 Å². The Kier molecular flexibility index (Phi) is 5.02. The zero-order chi connectivity index (χ0) is 17.4. The number of hydrogen-bond acceptors (Lipinski definition) is 4. The molecule has 2 unspecified atom stereocenters. The van der Waals surface area contributed by atoms with Gasteiger partial charge in [0.15, 0.2) is 5.78 Å². The van der Waals surface area contributed by atoms with Gasteiger partial charge in [0, 0.05) is 39.9 Å². The highest BCUT2D eigenvalue weighted by Gasteiger charge is 2.45. The van der Waals surface area contributed by atoms with Crippen LogP contribution in [0.25, 0.3) is 10.9 Å². The maximum absolute atomic E-state index is 12.8. The highest BCUT2D eigenvalue weighted by molar-refractivity contribution is 8.21. The van der Waals surface area contributed by atoms with Gasteiger partial charge in [0.05, 0.1) is 7.11 Å². The van der Waals surface area contributed by atoms with Crippen LogP contribution in [-0.4, -0.2) is 30.0 Å². The monoisotopic (exact) mass is 361 g/mol. The van der Waals surface area contributed by atoms with E-state index in [1.165, 1.54) is 16.5 Å². The van der Waals surface area contributed by atoms with E-state index >= 15 is 0 Å². The van der Waals surface area contributed by atoms with Gasteiger partial charge in [0.25, 0.3) is 0 Å². The number of ether oxygens (including phenoxy) is 1. The normalized spacial score (nSPS) is 19.4. The van der Waals surface area contributed by atoms with Gasteiger partial charge >= 0.3 is 0 Å². The molecule has 3 nitrogen and oxygen atoms in total. The molecule has 0 aliphatic heterocycles. The Morgan fingerprint density at radius 1 is 1.29 bits per heavy atom. The number of aryl methyl sites for hydroxylation is 1. The SMILES string of the molecule is COc1ccc2c(c1)c(C1CC1C(=O)C(C)=C(SC)SC)cn2C. The van der Waals surface area contributed by atoms with Crippen molar-refractivity contribution in [2.45, 2.75) is 19.3 Å². The fourth-order valence-corrected chi connectivity index (χ4v) is 4.90. The second kappa shape index (κ2) is 6.89. The third-order valence-corrected chi connectivity index (χ3v) is 7.15. The highest BCUT2D eigenvalue weighted by Crippen LogP contribution is 2.52. The Morgan fingerprint density at radius 2 is 2.00 bits per heavy atom. The van der Waals surface area contributed by atoms with Crippen molar-refractivity contribution in [2.75, 3.05) is 19.6 Å². The predicted molar refractivity (Wildman–Crippen MR) is 105 cm³/mol. The summed E-state index contributed by atoms with van der Waals surface area (Å²) in [5, 5.41) is 1.20.